The Balaban J connectivity index is 1.92. The number of urea groups is 1. The maximum absolute atomic E-state index is 11.8. The highest BCUT2D eigenvalue weighted by molar-refractivity contribution is 5.74. The minimum atomic E-state index is -0.242. The Labute approximate surface area is 129 Å². The number of aliphatic hydroxyl groups is 1. The summed E-state index contributed by atoms with van der Waals surface area (Å²) in [5.74, 6) is 0. The molecule has 2 amide bonds. The standard InChI is InChI=1S/C15H21N5O2/c1-11(7-8-21)18-15(22)19-12(2)13-3-5-14(6-4-13)20-10-16-9-17-20/h3-6,9-12,21H,7-8H2,1-2H3,(H2,18,19,22)/t11-,12?/m1/s1. The van der Waals surface area contributed by atoms with Crippen LogP contribution in [-0.2, 0) is 0 Å². The van der Waals surface area contributed by atoms with Gasteiger partial charge in [-0.3, -0.25) is 0 Å². The highest BCUT2D eigenvalue weighted by atomic mass is 16.3. The van der Waals surface area contributed by atoms with Crippen molar-refractivity contribution in [1.29, 1.82) is 0 Å². The quantitative estimate of drug-likeness (QED) is 0.752. The largest absolute Gasteiger partial charge is 0.396 e. The van der Waals surface area contributed by atoms with Gasteiger partial charge in [-0.2, -0.15) is 5.10 Å². The Bertz CT molecular complexity index is 582. The van der Waals surface area contributed by atoms with E-state index in [0.717, 1.165) is 11.3 Å². The van der Waals surface area contributed by atoms with Gasteiger partial charge in [0.05, 0.1) is 11.7 Å². The number of carbonyl (C=O) groups is 1. The van der Waals surface area contributed by atoms with Crippen LogP contribution in [0.1, 0.15) is 31.9 Å². The molecule has 0 bridgehead atoms. The molecule has 7 nitrogen and oxygen atoms in total. The number of carbonyl (C=O) groups excluding carboxylic acids is 1. The van der Waals surface area contributed by atoms with E-state index in [1.54, 1.807) is 11.0 Å². The van der Waals surface area contributed by atoms with E-state index in [1.165, 1.54) is 6.33 Å². The lowest BCUT2D eigenvalue weighted by Gasteiger charge is -2.18. The SMILES string of the molecule is CC(NC(=O)N[C@H](C)CCO)c1ccc(-n2cncn2)cc1. The molecule has 7 heteroatoms. The Kier molecular flexibility index (Phi) is 5.48. The summed E-state index contributed by atoms with van der Waals surface area (Å²) in [7, 11) is 0. The first kappa shape index (κ1) is 16.0. The Morgan fingerprint density at radius 1 is 1.27 bits per heavy atom. The van der Waals surface area contributed by atoms with Crippen molar-refractivity contribution in [2.45, 2.75) is 32.4 Å². The summed E-state index contributed by atoms with van der Waals surface area (Å²) in [6, 6.07) is 7.31. The number of rotatable bonds is 6. The monoisotopic (exact) mass is 303 g/mol. The van der Waals surface area contributed by atoms with Gasteiger partial charge in [0.1, 0.15) is 12.7 Å². The van der Waals surface area contributed by atoms with Gasteiger partial charge in [-0.15, -0.1) is 0 Å². The van der Waals surface area contributed by atoms with Gasteiger partial charge in [0.2, 0.25) is 0 Å². The summed E-state index contributed by atoms with van der Waals surface area (Å²) in [5, 5.41) is 18.6. The third-order valence-electron chi connectivity index (χ3n) is 3.36. The van der Waals surface area contributed by atoms with Crippen LogP contribution in [0.3, 0.4) is 0 Å². The second kappa shape index (κ2) is 7.56. The fourth-order valence-electron chi connectivity index (χ4n) is 2.07. The molecule has 0 spiro atoms. The fraction of sp³-hybridized carbons (Fsp3) is 0.400. The van der Waals surface area contributed by atoms with Crippen molar-refractivity contribution in [1.82, 2.24) is 25.4 Å². The number of nitrogens with zero attached hydrogens (tertiary/aromatic N) is 3. The summed E-state index contributed by atoms with van der Waals surface area (Å²) in [6.45, 7) is 3.83. The first-order valence-electron chi connectivity index (χ1n) is 7.23. The molecule has 0 fully saturated rings. The second-order valence-corrected chi connectivity index (χ2v) is 5.18. The number of benzene rings is 1. The third kappa shape index (κ3) is 4.29. The first-order chi connectivity index (χ1) is 10.6. The van der Waals surface area contributed by atoms with E-state index in [4.69, 9.17) is 5.11 Å². The van der Waals surface area contributed by atoms with Gasteiger partial charge < -0.3 is 15.7 Å². The number of hydrogen-bond acceptors (Lipinski definition) is 4. The summed E-state index contributed by atoms with van der Waals surface area (Å²) in [5.41, 5.74) is 1.91. The van der Waals surface area contributed by atoms with E-state index in [-0.39, 0.29) is 24.7 Å². The second-order valence-electron chi connectivity index (χ2n) is 5.18. The minimum Gasteiger partial charge on any atom is -0.396 e. The molecule has 3 N–H and O–H groups in total. The minimum absolute atomic E-state index is 0.0563. The average Bonchev–Trinajstić information content (AvgIpc) is 3.01. The van der Waals surface area contributed by atoms with Crippen molar-refractivity contribution in [2.75, 3.05) is 6.61 Å². The zero-order chi connectivity index (χ0) is 15.9. The number of aliphatic hydroxyl groups excluding tert-OH is 1. The Morgan fingerprint density at radius 2 is 2.00 bits per heavy atom. The Hall–Kier alpha value is -2.41. The lowest BCUT2D eigenvalue weighted by Crippen LogP contribution is -2.42. The van der Waals surface area contributed by atoms with Crippen LogP contribution in [0.4, 0.5) is 4.79 Å². The van der Waals surface area contributed by atoms with Crippen molar-refractivity contribution in [3.05, 3.63) is 42.5 Å². The molecule has 1 aromatic carbocycles. The summed E-state index contributed by atoms with van der Waals surface area (Å²) in [6.07, 6.45) is 3.65. The molecule has 0 aliphatic rings. The summed E-state index contributed by atoms with van der Waals surface area (Å²) in [4.78, 5) is 15.7. The molecule has 1 unspecified atom stereocenters. The molecule has 1 heterocycles. The van der Waals surface area contributed by atoms with Crippen LogP contribution in [0, 0.1) is 0 Å². The van der Waals surface area contributed by atoms with Crippen molar-refractivity contribution in [3.8, 4) is 5.69 Å². The maximum atomic E-state index is 11.8. The smallest absolute Gasteiger partial charge is 0.315 e. The van der Waals surface area contributed by atoms with E-state index in [1.807, 2.05) is 38.1 Å². The van der Waals surface area contributed by atoms with Crippen LogP contribution < -0.4 is 10.6 Å². The van der Waals surface area contributed by atoms with E-state index in [2.05, 4.69) is 20.7 Å². The maximum Gasteiger partial charge on any atom is 0.315 e. The highest BCUT2D eigenvalue weighted by Crippen LogP contribution is 2.15. The van der Waals surface area contributed by atoms with Crippen molar-refractivity contribution in [3.63, 3.8) is 0 Å². The molecule has 22 heavy (non-hydrogen) atoms. The summed E-state index contributed by atoms with van der Waals surface area (Å²) >= 11 is 0. The predicted octanol–water partition coefficient (Wildman–Crippen LogP) is 1.40. The topological polar surface area (TPSA) is 92.1 Å². The van der Waals surface area contributed by atoms with Crippen molar-refractivity contribution < 1.29 is 9.90 Å². The molecule has 0 saturated carbocycles. The number of amides is 2. The van der Waals surface area contributed by atoms with Crippen LogP contribution in [0.2, 0.25) is 0 Å². The van der Waals surface area contributed by atoms with E-state index >= 15 is 0 Å². The zero-order valence-corrected chi connectivity index (χ0v) is 12.7. The predicted molar refractivity (Wildman–Crippen MR) is 82.6 cm³/mol. The molecule has 118 valence electrons. The van der Waals surface area contributed by atoms with E-state index < -0.39 is 0 Å². The van der Waals surface area contributed by atoms with E-state index in [9.17, 15) is 4.79 Å². The van der Waals surface area contributed by atoms with Gasteiger partial charge >= 0.3 is 6.03 Å². The molecule has 2 aromatic rings. The highest BCUT2D eigenvalue weighted by Gasteiger charge is 2.11. The van der Waals surface area contributed by atoms with E-state index in [0.29, 0.717) is 6.42 Å². The van der Waals surface area contributed by atoms with Crippen molar-refractivity contribution in [2.24, 2.45) is 0 Å². The molecule has 0 radical (unpaired) electrons. The first-order valence-corrected chi connectivity index (χ1v) is 7.23. The van der Waals surface area contributed by atoms with Gasteiger partial charge in [-0.25, -0.2) is 14.5 Å². The van der Waals surface area contributed by atoms with Crippen LogP contribution in [0.15, 0.2) is 36.9 Å². The average molecular weight is 303 g/mol. The fourth-order valence-corrected chi connectivity index (χ4v) is 2.07. The van der Waals surface area contributed by atoms with Crippen LogP contribution in [-0.4, -0.2) is 38.6 Å². The number of aromatic nitrogens is 3. The van der Waals surface area contributed by atoms with Crippen molar-refractivity contribution >= 4 is 6.03 Å². The van der Waals surface area contributed by atoms with Crippen LogP contribution >= 0.6 is 0 Å². The van der Waals surface area contributed by atoms with Gasteiger partial charge in [0.25, 0.3) is 0 Å². The molecular weight excluding hydrogens is 282 g/mol. The lowest BCUT2D eigenvalue weighted by atomic mass is 10.1. The summed E-state index contributed by atoms with van der Waals surface area (Å²) < 4.78 is 1.67. The number of nitrogens with one attached hydrogen (secondary N) is 2. The Morgan fingerprint density at radius 3 is 2.59 bits per heavy atom. The molecule has 0 aliphatic carbocycles. The normalized spacial score (nSPS) is 13.4. The zero-order valence-electron chi connectivity index (χ0n) is 12.7. The lowest BCUT2D eigenvalue weighted by molar-refractivity contribution is 0.228. The number of hydrogen-bond donors (Lipinski definition) is 3. The van der Waals surface area contributed by atoms with Crippen LogP contribution in [0.25, 0.3) is 5.69 Å². The third-order valence-corrected chi connectivity index (χ3v) is 3.36. The molecule has 2 atom stereocenters. The molecule has 1 aromatic heterocycles. The molecule has 2 rings (SSSR count). The molecule has 0 aliphatic heterocycles. The van der Waals surface area contributed by atoms with Crippen LogP contribution in [0.5, 0.6) is 0 Å². The molecule has 0 saturated heterocycles. The van der Waals surface area contributed by atoms with Gasteiger partial charge in [-0.05, 0) is 38.0 Å². The molecular formula is C15H21N5O2. The van der Waals surface area contributed by atoms with Gasteiger partial charge in [0.15, 0.2) is 0 Å². The van der Waals surface area contributed by atoms with Gasteiger partial charge in [0, 0.05) is 12.6 Å². The van der Waals surface area contributed by atoms with Gasteiger partial charge in [-0.1, -0.05) is 12.1 Å².